The molecule has 0 radical (unpaired) electrons. The Hall–Kier alpha value is -7.10. The predicted octanol–water partition coefficient (Wildman–Crippen LogP) is 9.11. The Morgan fingerprint density at radius 2 is 1.01 bits per heavy atom. The first-order valence-corrected chi connectivity index (χ1v) is 22.2. The first-order valence-electron chi connectivity index (χ1n) is 22.2. The van der Waals surface area contributed by atoms with Crippen LogP contribution >= 0.6 is 0 Å². The van der Waals surface area contributed by atoms with Crippen LogP contribution in [0.15, 0.2) is 91.1 Å². The van der Waals surface area contributed by atoms with Crippen LogP contribution < -0.4 is 14.2 Å². The van der Waals surface area contributed by atoms with Gasteiger partial charge in [0, 0.05) is 33.4 Å². The second-order valence-corrected chi connectivity index (χ2v) is 16.1. The molecule has 16 heteroatoms. The average molecular weight is 945 g/mol. The van der Waals surface area contributed by atoms with Crippen molar-refractivity contribution >= 4 is 41.8 Å². The molecule has 0 unspecified atom stereocenters. The van der Waals surface area contributed by atoms with Crippen molar-refractivity contribution < 1.29 is 75.8 Å². The Bertz CT molecular complexity index is 2290. The second-order valence-electron chi connectivity index (χ2n) is 16.1. The highest BCUT2D eigenvalue weighted by Crippen LogP contribution is 2.43. The predicted molar refractivity (Wildman–Crippen MR) is 249 cm³/mol. The molecule has 0 amide bonds. The molecule has 68 heavy (non-hydrogen) atoms. The van der Waals surface area contributed by atoms with Gasteiger partial charge >= 0.3 is 41.8 Å². The summed E-state index contributed by atoms with van der Waals surface area (Å²) in [4.78, 5) is 88.1. The molecule has 0 aliphatic heterocycles. The number of benzene rings is 3. The topological polar surface area (TPSA) is 193 Å². The monoisotopic (exact) mass is 944 g/mol. The molecule has 0 bridgehead atoms. The van der Waals surface area contributed by atoms with Gasteiger partial charge in [0.25, 0.3) is 0 Å². The molecule has 0 saturated heterocycles. The summed E-state index contributed by atoms with van der Waals surface area (Å²) in [5.74, 6) is -6.59. The third-order valence-electron chi connectivity index (χ3n) is 9.91. The van der Waals surface area contributed by atoms with Gasteiger partial charge in [-0.2, -0.15) is 0 Å². The van der Waals surface area contributed by atoms with E-state index in [9.17, 15) is 33.6 Å². The summed E-state index contributed by atoms with van der Waals surface area (Å²) in [7, 11) is 0. The highest BCUT2D eigenvalue weighted by molar-refractivity contribution is 5.94. The minimum absolute atomic E-state index is 0.0135. The average Bonchev–Trinajstić information content (AvgIpc) is 3.29. The van der Waals surface area contributed by atoms with Gasteiger partial charge in [-0.05, 0) is 88.9 Å². The van der Waals surface area contributed by atoms with E-state index in [0.29, 0.717) is 12.0 Å². The minimum Gasteiger partial charge on any atom is -0.493 e. The van der Waals surface area contributed by atoms with Gasteiger partial charge in [-0.15, -0.1) is 0 Å². The SMILES string of the molecule is C=C(C)C(=O)OCC(COC(=O)CC(=O)OCC)(COC(=O)CC(=O)OCC)COc1ccc(-c2cc(OC(=O)C(=C)C)c(-c3ccc(CCCCCCC)cc3F)cc2OC(=O)C(=C)C)cc1. The Kier molecular flexibility index (Phi) is 22.4. The molecule has 3 rings (SSSR count). The van der Waals surface area contributed by atoms with Gasteiger partial charge in [-0.3, -0.25) is 19.2 Å². The fourth-order valence-electron chi connectivity index (χ4n) is 6.19. The first-order chi connectivity index (χ1) is 32.3. The highest BCUT2D eigenvalue weighted by Gasteiger charge is 2.38. The standard InChI is InChI=1S/C52H61FO15/c1-10-13-14-15-16-17-36-18-23-39(42(53)24-36)41-26-43(67-50(59)34(6)7)40(25-44(41)68-51(60)35(8)9)37-19-21-38(22-20-37)63-29-52(32-66-49(58)33(4)5,30-64-47(56)27-45(54)61-11-2)31-65-48(57)28-46(55)62-12-3/h18-26H,4,6,8,10-17,27-32H2,1-3,5,7,9H3. The van der Waals surface area contributed by atoms with E-state index >= 15 is 4.39 Å². The molecule has 0 N–H and O–H groups in total. The Labute approximate surface area is 396 Å². The molecule has 0 saturated carbocycles. The number of aryl methyl sites for hydroxylation is 1. The van der Waals surface area contributed by atoms with Crippen LogP contribution in [0.3, 0.4) is 0 Å². The molecule has 366 valence electrons. The van der Waals surface area contributed by atoms with Crippen LogP contribution in [0.1, 0.15) is 92.1 Å². The van der Waals surface area contributed by atoms with Gasteiger partial charge in [-0.25, -0.2) is 18.8 Å². The molecule has 0 fully saturated rings. The van der Waals surface area contributed by atoms with Gasteiger partial charge in [-0.1, -0.05) is 76.6 Å². The van der Waals surface area contributed by atoms with Crippen LogP contribution in [0.4, 0.5) is 4.39 Å². The fourth-order valence-corrected chi connectivity index (χ4v) is 6.19. The maximum atomic E-state index is 16.0. The normalized spacial score (nSPS) is 10.8. The third-order valence-corrected chi connectivity index (χ3v) is 9.91. The van der Waals surface area contributed by atoms with Gasteiger partial charge in [0.1, 0.15) is 67.7 Å². The van der Waals surface area contributed by atoms with Crippen molar-refractivity contribution in [3.8, 4) is 39.5 Å². The van der Waals surface area contributed by atoms with Crippen LogP contribution in [-0.4, -0.2) is 81.4 Å². The lowest BCUT2D eigenvalue weighted by Crippen LogP contribution is -2.44. The molecule has 3 aromatic rings. The summed E-state index contributed by atoms with van der Waals surface area (Å²) < 4.78 is 59.6. The number of halogens is 1. The number of unbranched alkanes of at least 4 members (excludes halogenated alkanes) is 4. The van der Waals surface area contributed by atoms with Crippen LogP contribution in [0.2, 0.25) is 0 Å². The summed E-state index contributed by atoms with van der Waals surface area (Å²) in [5, 5.41) is 0. The molecular formula is C52H61FO15. The van der Waals surface area contributed by atoms with Crippen molar-refractivity contribution in [1.82, 2.24) is 0 Å². The van der Waals surface area contributed by atoms with Gasteiger partial charge in [0.2, 0.25) is 0 Å². The maximum absolute atomic E-state index is 16.0. The Morgan fingerprint density at radius 3 is 1.51 bits per heavy atom. The number of esters is 7. The van der Waals surface area contributed by atoms with Crippen LogP contribution in [0, 0.1) is 11.2 Å². The first kappa shape index (κ1) is 55.2. The van der Waals surface area contributed by atoms with E-state index in [1.54, 1.807) is 38.1 Å². The summed E-state index contributed by atoms with van der Waals surface area (Å²) >= 11 is 0. The van der Waals surface area contributed by atoms with Crippen LogP contribution in [-0.2, 0) is 63.7 Å². The molecule has 0 aromatic heterocycles. The number of carbonyl (C=O) groups excluding carboxylic acids is 7. The molecule has 3 aromatic carbocycles. The molecule has 0 aliphatic rings. The lowest BCUT2D eigenvalue weighted by atomic mass is 9.92. The summed E-state index contributed by atoms with van der Waals surface area (Å²) in [5.41, 5.74) is 0.187. The number of carbonyl (C=O) groups is 7. The van der Waals surface area contributed by atoms with Crippen molar-refractivity contribution in [2.24, 2.45) is 5.41 Å². The minimum atomic E-state index is -1.64. The van der Waals surface area contributed by atoms with Crippen LogP contribution in [0.5, 0.6) is 17.2 Å². The number of rotatable bonds is 28. The van der Waals surface area contributed by atoms with E-state index in [4.69, 9.17) is 37.9 Å². The molecular weight excluding hydrogens is 884 g/mol. The van der Waals surface area contributed by atoms with Crippen molar-refractivity contribution in [1.29, 1.82) is 0 Å². The lowest BCUT2D eigenvalue weighted by molar-refractivity contribution is -0.166. The quantitative estimate of drug-likeness (QED) is 0.0167. The molecule has 0 heterocycles. The molecule has 0 atom stereocenters. The zero-order valence-electron chi connectivity index (χ0n) is 39.7. The van der Waals surface area contributed by atoms with E-state index in [2.05, 4.69) is 26.7 Å². The van der Waals surface area contributed by atoms with Gasteiger partial charge in [0.05, 0.1) is 13.2 Å². The van der Waals surface area contributed by atoms with Gasteiger partial charge < -0.3 is 37.9 Å². The highest BCUT2D eigenvalue weighted by atomic mass is 19.1. The largest absolute Gasteiger partial charge is 0.493 e. The molecule has 0 aliphatic carbocycles. The van der Waals surface area contributed by atoms with Crippen LogP contribution in [0.25, 0.3) is 22.3 Å². The summed E-state index contributed by atoms with van der Waals surface area (Å²) in [6, 6.07) is 13.8. The Morgan fingerprint density at radius 1 is 0.529 bits per heavy atom. The summed E-state index contributed by atoms with van der Waals surface area (Å²) in [6.45, 7) is 18.3. The van der Waals surface area contributed by atoms with Crippen molar-refractivity contribution in [2.75, 3.05) is 39.6 Å². The zero-order chi connectivity index (χ0) is 50.4. The third kappa shape index (κ3) is 17.9. The molecule has 0 spiro atoms. The van der Waals surface area contributed by atoms with Gasteiger partial charge in [0.15, 0.2) is 0 Å². The van der Waals surface area contributed by atoms with E-state index in [0.717, 1.165) is 37.7 Å². The van der Waals surface area contributed by atoms with Crippen molar-refractivity contribution in [3.05, 3.63) is 102 Å². The molecule has 15 nitrogen and oxygen atoms in total. The zero-order valence-corrected chi connectivity index (χ0v) is 39.7. The number of hydrogen-bond acceptors (Lipinski definition) is 15. The summed E-state index contributed by atoms with van der Waals surface area (Å²) in [6.07, 6.45) is 4.42. The smallest absolute Gasteiger partial charge is 0.338 e. The maximum Gasteiger partial charge on any atom is 0.338 e. The van der Waals surface area contributed by atoms with E-state index in [-0.39, 0.29) is 63.9 Å². The van der Waals surface area contributed by atoms with Crippen molar-refractivity contribution in [2.45, 2.75) is 92.9 Å². The number of hydrogen-bond donors (Lipinski definition) is 0. The second kappa shape index (κ2) is 27.5. The van der Waals surface area contributed by atoms with Crippen molar-refractivity contribution in [3.63, 3.8) is 0 Å². The lowest BCUT2D eigenvalue weighted by Gasteiger charge is -2.32. The Balaban J connectivity index is 2.09. The fraction of sp³-hybridized carbons (Fsp3) is 0.404. The van der Waals surface area contributed by atoms with E-state index in [1.807, 2.05) is 0 Å². The number of ether oxygens (including phenoxy) is 8. The van der Waals surface area contributed by atoms with E-state index < -0.39 is 92.3 Å². The van der Waals surface area contributed by atoms with E-state index in [1.165, 1.54) is 51.1 Å².